The molecule has 0 fully saturated rings. The first-order valence-corrected chi connectivity index (χ1v) is 8.33. The van der Waals surface area contributed by atoms with Crippen molar-refractivity contribution in [2.75, 3.05) is 32.1 Å². The predicted molar refractivity (Wildman–Crippen MR) is 91.1 cm³/mol. The molecule has 0 bridgehead atoms. The third-order valence-corrected chi connectivity index (χ3v) is 4.70. The summed E-state index contributed by atoms with van der Waals surface area (Å²) in [5.41, 5.74) is 0.842. The predicted octanol–water partition coefficient (Wildman–Crippen LogP) is 1.56. The number of anilines is 1. The molecular formula is C15H22N4O3S. The fourth-order valence-corrected chi connectivity index (χ4v) is 3.19. The summed E-state index contributed by atoms with van der Waals surface area (Å²) in [7, 11) is 1.64. The molecule has 0 aromatic carbocycles. The van der Waals surface area contributed by atoms with Crippen molar-refractivity contribution in [2.24, 2.45) is 0 Å². The van der Waals surface area contributed by atoms with Crippen LogP contribution >= 0.6 is 11.3 Å². The van der Waals surface area contributed by atoms with Crippen LogP contribution in [0.5, 0.6) is 0 Å². The Kier molecular flexibility index (Phi) is 6.26. The van der Waals surface area contributed by atoms with Gasteiger partial charge in [-0.05, 0) is 18.9 Å². The van der Waals surface area contributed by atoms with E-state index in [1.807, 2.05) is 13.8 Å². The molecule has 2 aromatic heterocycles. The lowest BCUT2D eigenvalue weighted by Crippen LogP contribution is -2.31. The van der Waals surface area contributed by atoms with Gasteiger partial charge in [-0.2, -0.15) is 0 Å². The molecule has 1 amide bonds. The van der Waals surface area contributed by atoms with E-state index >= 15 is 0 Å². The Balaban J connectivity index is 2.23. The van der Waals surface area contributed by atoms with Gasteiger partial charge in [0.2, 0.25) is 0 Å². The minimum atomic E-state index is -0.528. The van der Waals surface area contributed by atoms with Crippen molar-refractivity contribution in [3.05, 3.63) is 16.8 Å². The second kappa shape index (κ2) is 8.19. The average molecular weight is 338 g/mol. The Hall–Kier alpha value is -1.77. The number of methoxy groups -OCH3 is 1. The third kappa shape index (κ3) is 4.15. The number of carbonyl (C=O) groups is 1. The van der Waals surface area contributed by atoms with Gasteiger partial charge in [0, 0.05) is 20.2 Å². The molecule has 0 aliphatic carbocycles. The first-order chi connectivity index (χ1) is 11.1. The summed E-state index contributed by atoms with van der Waals surface area (Å²) in [5, 5.41) is 16.4. The van der Waals surface area contributed by atoms with Crippen molar-refractivity contribution in [1.82, 2.24) is 15.3 Å². The molecule has 0 spiro atoms. The van der Waals surface area contributed by atoms with E-state index < -0.39 is 6.10 Å². The minimum Gasteiger partial charge on any atom is -0.391 e. The standard InChI is InChI=1S/C15H22N4O3S/c1-4-10(20)7-17-14(21)12-9(2)11-13(16-5-6-22-3)18-8-19-15(11)23-12/h8,10,20H,4-7H2,1-3H3,(H,17,21)(H,16,18,19). The summed E-state index contributed by atoms with van der Waals surface area (Å²) in [6, 6.07) is 0. The molecule has 126 valence electrons. The van der Waals surface area contributed by atoms with Crippen molar-refractivity contribution in [3.8, 4) is 0 Å². The highest BCUT2D eigenvalue weighted by Gasteiger charge is 2.19. The lowest BCUT2D eigenvalue weighted by atomic mass is 10.2. The summed E-state index contributed by atoms with van der Waals surface area (Å²) in [5.74, 6) is 0.509. The molecule has 23 heavy (non-hydrogen) atoms. The van der Waals surface area contributed by atoms with E-state index in [9.17, 15) is 9.90 Å². The molecule has 3 N–H and O–H groups in total. The summed E-state index contributed by atoms with van der Waals surface area (Å²) >= 11 is 1.33. The SMILES string of the molecule is CCC(O)CNC(=O)c1sc2ncnc(NCCOC)c2c1C. The van der Waals surface area contributed by atoms with E-state index in [2.05, 4.69) is 20.6 Å². The molecule has 0 aliphatic heterocycles. The van der Waals surface area contributed by atoms with Gasteiger partial charge in [0.25, 0.3) is 5.91 Å². The number of ether oxygens (including phenoxy) is 1. The normalized spacial score (nSPS) is 12.3. The van der Waals surface area contributed by atoms with E-state index in [0.29, 0.717) is 30.3 Å². The molecule has 0 aliphatic rings. The van der Waals surface area contributed by atoms with Crippen molar-refractivity contribution in [1.29, 1.82) is 0 Å². The highest BCUT2D eigenvalue weighted by atomic mass is 32.1. The smallest absolute Gasteiger partial charge is 0.261 e. The highest BCUT2D eigenvalue weighted by Crippen LogP contribution is 2.33. The summed E-state index contributed by atoms with van der Waals surface area (Å²) in [4.78, 5) is 22.2. The number of hydrogen-bond donors (Lipinski definition) is 3. The van der Waals surface area contributed by atoms with Gasteiger partial charge < -0.3 is 20.5 Å². The molecule has 8 heteroatoms. The summed E-state index contributed by atoms with van der Waals surface area (Å²) in [6.07, 6.45) is 1.56. The fourth-order valence-electron chi connectivity index (χ4n) is 2.13. The van der Waals surface area contributed by atoms with Crippen LogP contribution in [0.1, 0.15) is 28.6 Å². The van der Waals surface area contributed by atoms with Crippen LogP contribution in [0.3, 0.4) is 0 Å². The van der Waals surface area contributed by atoms with Crippen molar-refractivity contribution >= 4 is 33.3 Å². The Labute approximate surface area is 139 Å². The zero-order chi connectivity index (χ0) is 16.8. The molecular weight excluding hydrogens is 316 g/mol. The first-order valence-electron chi connectivity index (χ1n) is 7.51. The zero-order valence-electron chi connectivity index (χ0n) is 13.5. The van der Waals surface area contributed by atoms with Gasteiger partial charge in [-0.1, -0.05) is 6.92 Å². The largest absolute Gasteiger partial charge is 0.391 e. The summed E-state index contributed by atoms with van der Waals surface area (Å²) < 4.78 is 5.02. The van der Waals surface area contributed by atoms with Gasteiger partial charge in [0.05, 0.1) is 23.0 Å². The van der Waals surface area contributed by atoms with Crippen LogP contribution in [0.15, 0.2) is 6.33 Å². The number of amides is 1. The maximum Gasteiger partial charge on any atom is 0.261 e. The molecule has 1 atom stereocenters. The lowest BCUT2D eigenvalue weighted by Gasteiger charge is -2.09. The number of aromatic nitrogens is 2. The van der Waals surface area contributed by atoms with Gasteiger partial charge in [-0.15, -0.1) is 11.3 Å². The maximum atomic E-state index is 12.3. The van der Waals surface area contributed by atoms with Gasteiger partial charge in [-0.3, -0.25) is 4.79 Å². The van der Waals surface area contributed by atoms with Crippen LogP contribution in [-0.4, -0.2) is 53.9 Å². The third-order valence-electron chi connectivity index (χ3n) is 3.50. The molecule has 7 nitrogen and oxygen atoms in total. The number of fused-ring (bicyclic) bond motifs is 1. The molecule has 2 rings (SSSR count). The lowest BCUT2D eigenvalue weighted by molar-refractivity contribution is 0.0917. The van der Waals surface area contributed by atoms with E-state index in [4.69, 9.17) is 4.74 Å². The second-order valence-corrected chi connectivity index (χ2v) is 6.15. The second-order valence-electron chi connectivity index (χ2n) is 5.15. The number of aliphatic hydroxyl groups is 1. The van der Waals surface area contributed by atoms with Crippen LogP contribution in [0.25, 0.3) is 10.2 Å². The number of hydrogen-bond acceptors (Lipinski definition) is 7. The van der Waals surface area contributed by atoms with E-state index in [1.54, 1.807) is 7.11 Å². The molecule has 1 unspecified atom stereocenters. The van der Waals surface area contributed by atoms with Gasteiger partial charge >= 0.3 is 0 Å². The molecule has 0 saturated carbocycles. The minimum absolute atomic E-state index is 0.194. The first kappa shape index (κ1) is 17.6. The van der Waals surface area contributed by atoms with Crippen molar-refractivity contribution in [3.63, 3.8) is 0 Å². The van der Waals surface area contributed by atoms with Crippen LogP contribution in [0, 0.1) is 6.92 Å². The number of aryl methyl sites for hydroxylation is 1. The number of rotatable bonds is 8. The van der Waals surface area contributed by atoms with Crippen LogP contribution < -0.4 is 10.6 Å². The Morgan fingerprint density at radius 2 is 2.26 bits per heavy atom. The van der Waals surface area contributed by atoms with Crippen LogP contribution in [0.4, 0.5) is 5.82 Å². The van der Waals surface area contributed by atoms with Crippen LogP contribution in [-0.2, 0) is 4.74 Å². The molecule has 0 saturated heterocycles. The number of thiophene rings is 1. The number of nitrogens with zero attached hydrogens (tertiary/aromatic N) is 2. The molecule has 2 heterocycles. The van der Waals surface area contributed by atoms with Gasteiger partial charge in [-0.25, -0.2) is 9.97 Å². The van der Waals surface area contributed by atoms with E-state index in [-0.39, 0.29) is 12.5 Å². The van der Waals surface area contributed by atoms with Crippen molar-refractivity contribution in [2.45, 2.75) is 26.4 Å². The van der Waals surface area contributed by atoms with E-state index in [0.717, 1.165) is 15.8 Å². The summed E-state index contributed by atoms with van der Waals surface area (Å²) in [6.45, 7) is 5.19. The Morgan fingerprint density at radius 3 is 2.96 bits per heavy atom. The number of aliphatic hydroxyl groups excluding tert-OH is 1. The monoisotopic (exact) mass is 338 g/mol. The molecule has 0 radical (unpaired) electrons. The average Bonchev–Trinajstić information content (AvgIpc) is 2.90. The van der Waals surface area contributed by atoms with Gasteiger partial charge in [0.15, 0.2) is 0 Å². The number of nitrogens with one attached hydrogen (secondary N) is 2. The Bertz CT molecular complexity index is 674. The maximum absolute atomic E-state index is 12.3. The van der Waals surface area contributed by atoms with Crippen molar-refractivity contribution < 1.29 is 14.6 Å². The van der Waals surface area contributed by atoms with Crippen LogP contribution in [0.2, 0.25) is 0 Å². The highest BCUT2D eigenvalue weighted by molar-refractivity contribution is 7.20. The fraction of sp³-hybridized carbons (Fsp3) is 0.533. The van der Waals surface area contributed by atoms with E-state index in [1.165, 1.54) is 17.7 Å². The topological polar surface area (TPSA) is 96.4 Å². The number of carbonyl (C=O) groups excluding carboxylic acids is 1. The molecule has 2 aromatic rings. The Morgan fingerprint density at radius 1 is 1.48 bits per heavy atom. The quantitative estimate of drug-likeness (QED) is 0.632. The van der Waals surface area contributed by atoms with Gasteiger partial charge in [0.1, 0.15) is 17.0 Å². The zero-order valence-corrected chi connectivity index (χ0v) is 14.4.